The van der Waals surface area contributed by atoms with Crippen molar-refractivity contribution >= 4 is 17.3 Å². The maximum atomic E-state index is 5.07. The van der Waals surface area contributed by atoms with Crippen LogP contribution in [-0.4, -0.2) is 33.4 Å². The predicted octanol–water partition coefficient (Wildman–Crippen LogP) is 1.53. The van der Waals surface area contributed by atoms with Crippen LogP contribution in [0.1, 0.15) is 12.7 Å². The van der Waals surface area contributed by atoms with Crippen molar-refractivity contribution in [3.63, 3.8) is 0 Å². The number of hydrogen-bond acceptors (Lipinski definition) is 6. The fourth-order valence-electron chi connectivity index (χ4n) is 1.66. The van der Waals surface area contributed by atoms with E-state index in [1.165, 1.54) is 0 Å². The van der Waals surface area contributed by atoms with Crippen LogP contribution < -0.4 is 10.6 Å². The second-order valence-electron chi connectivity index (χ2n) is 4.05. The largest absolute Gasteiger partial charge is 0.377 e. The molecular weight excluding hydrogens is 244 g/mol. The van der Waals surface area contributed by atoms with Gasteiger partial charge in [0, 0.05) is 33.0 Å². The number of nitrogens with one attached hydrogen (secondary N) is 2. The summed E-state index contributed by atoms with van der Waals surface area (Å²) >= 11 is 0. The molecule has 0 fully saturated rings. The Bertz CT molecular complexity index is 515. The zero-order valence-corrected chi connectivity index (χ0v) is 11.3. The van der Waals surface area contributed by atoms with Crippen molar-refractivity contribution in [3.05, 3.63) is 24.3 Å². The minimum Gasteiger partial charge on any atom is -0.377 e. The van der Waals surface area contributed by atoms with Crippen molar-refractivity contribution in [2.75, 3.05) is 24.3 Å². The summed E-state index contributed by atoms with van der Waals surface area (Å²) in [4.78, 5) is 8.74. The van der Waals surface area contributed by atoms with Crippen LogP contribution in [0.5, 0.6) is 0 Å². The van der Waals surface area contributed by atoms with E-state index in [9.17, 15) is 0 Å². The summed E-state index contributed by atoms with van der Waals surface area (Å²) in [5.74, 6) is 2.12. The van der Waals surface area contributed by atoms with Gasteiger partial charge in [0.2, 0.25) is 0 Å². The van der Waals surface area contributed by atoms with Gasteiger partial charge in [-0.15, -0.1) is 0 Å². The normalized spacial score (nSPS) is 10.5. The number of hydrogen-bond donors (Lipinski definition) is 2. The lowest BCUT2D eigenvalue weighted by Crippen LogP contribution is -2.06. The Hall–Kier alpha value is -2.15. The van der Waals surface area contributed by atoms with Gasteiger partial charge in [0.1, 0.15) is 18.2 Å². The Labute approximate surface area is 112 Å². The highest BCUT2D eigenvalue weighted by atomic mass is 16.5. The third-order valence-electron chi connectivity index (χ3n) is 2.38. The molecular formula is C12H18N6O. The molecule has 2 rings (SSSR count). The molecule has 0 bridgehead atoms. The summed E-state index contributed by atoms with van der Waals surface area (Å²) in [7, 11) is 3.49. The molecule has 0 aromatic carbocycles. The SMILES string of the molecule is CCNc1cc(Nc2cnn(C)c2)nc(COC)n1. The van der Waals surface area contributed by atoms with Gasteiger partial charge < -0.3 is 15.4 Å². The zero-order chi connectivity index (χ0) is 13.7. The molecule has 2 heterocycles. The summed E-state index contributed by atoms with van der Waals surface area (Å²) in [6.07, 6.45) is 3.62. The van der Waals surface area contributed by atoms with E-state index in [4.69, 9.17) is 4.74 Å². The minimum absolute atomic E-state index is 0.376. The van der Waals surface area contributed by atoms with E-state index in [1.807, 2.05) is 26.2 Å². The summed E-state index contributed by atoms with van der Waals surface area (Å²) in [6.45, 7) is 3.20. The molecule has 102 valence electrons. The van der Waals surface area contributed by atoms with Gasteiger partial charge in [-0.05, 0) is 6.92 Å². The van der Waals surface area contributed by atoms with E-state index in [0.29, 0.717) is 18.2 Å². The Balaban J connectivity index is 2.22. The van der Waals surface area contributed by atoms with Crippen LogP contribution in [0.4, 0.5) is 17.3 Å². The van der Waals surface area contributed by atoms with Gasteiger partial charge in [0.15, 0.2) is 5.82 Å². The fourth-order valence-corrected chi connectivity index (χ4v) is 1.66. The van der Waals surface area contributed by atoms with Crippen LogP contribution in [-0.2, 0) is 18.4 Å². The predicted molar refractivity (Wildman–Crippen MR) is 73.4 cm³/mol. The molecule has 2 aromatic rings. The summed E-state index contributed by atoms with van der Waals surface area (Å²) in [5.41, 5.74) is 0.881. The number of methoxy groups -OCH3 is 1. The molecule has 0 radical (unpaired) electrons. The van der Waals surface area contributed by atoms with Crippen molar-refractivity contribution in [1.82, 2.24) is 19.7 Å². The molecule has 0 aliphatic rings. The molecule has 0 saturated heterocycles. The lowest BCUT2D eigenvalue weighted by molar-refractivity contribution is 0.178. The van der Waals surface area contributed by atoms with E-state index >= 15 is 0 Å². The van der Waals surface area contributed by atoms with Gasteiger partial charge in [-0.25, -0.2) is 9.97 Å². The first-order chi connectivity index (χ1) is 9.21. The van der Waals surface area contributed by atoms with Crippen molar-refractivity contribution < 1.29 is 4.74 Å². The number of nitrogens with zero attached hydrogens (tertiary/aromatic N) is 4. The third-order valence-corrected chi connectivity index (χ3v) is 2.38. The van der Waals surface area contributed by atoms with E-state index in [1.54, 1.807) is 18.0 Å². The van der Waals surface area contributed by atoms with Gasteiger partial charge in [-0.2, -0.15) is 5.10 Å². The van der Waals surface area contributed by atoms with E-state index < -0.39 is 0 Å². The zero-order valence-electron chi connectivity index (χ0n) is 11.3. The third kappa shape index (κ3) is 3.65. The monoisotopic (exact) mass is 262 g/mol. The van der Waals surface area contributed by atoms with Gasteiger partial charge in [-0.3, -0.25) is 4.68 Å². The average Bonchev–Trinajstić information content (AvgIpc) is 2.75. The highest BCUT2D eigenvalue weighted by Crippen LogP contribution is 2.17. The van der Waals surface area contributed by atoms with Crippen LogP contribution in [0.2, 0.25) is 0 Å². The van der Waals surface area contributed by atoms with Gasteiger partial charge in [-0.1, -0.05) is 0 Å². The number of ether oxygens (including phenoxy) is 1. The highest BCUT2D eigenvalue weighted by molar-refractivity contribution is 5.57. The highest BCUT2D eigenvalue weighted by Gasteiger charge is 2.05. The average molecular weight is 262 g/mol. The van der Waals surface area contributed by atoms with E-state index in [0.717, 1.165) is 18.1 Å². The Morgan fingerprint density at radius 2 is 2.11 bits per heavy atom. The quantitative estimate of drug-likeness (QED) is 0.822. The molecule has 0 amide bonds. The minimum atomic E-state index is 0.376. The second kappa shape index (κ2) is 6.14. The van der Waals surface area contributed by atoms with E-state index in [-0.39, 0.29) is 0 Å². The van der Waals surface area contributed by atoms with Crippen molar-refractivity contribution in [3.8, 4) is 0 Å². The van der Waals surface area contributed by atoms with Gasteiger partial charge in [0.25, 0.3) is 0 Å². The van der Waals surface area contributed by atoms with Gasteiger partial charge >= 0.3 is 0 Å². The van der Waals surface area contributed by atoms with Gasteiger partial charge in [0.05, 0.1) is 11.9 Å². The number of anilines is 3. The molecule has 2 aromatic heterocycles. The lowest BCUT2D eigenvalue weighted by atomic mass is 10.4. The molecule has 2 N–H and O–H groups in total. The molecule has 0 unspecified atom stereocenters. The lowest BCUT2D eigenvalue weighted by Gasteiger charge is -2.09. The van der Waals surface area contributed by atoms with Crippen molar-refractivity contribution in [1.29, 1.82) is 0 Å². The van der Waals surface area contributed by atoms with Crippen LogP contribution >= 0.6 is 0 Å². The molecule has 0 saturated carbocycles. The Morgan fingerprint density at radius 1 is 1.32 bits per heavy atom. The smallest absolute Gasteiger partial charge is 0.158 e. The maximum absolute atomic E-state index is 5.07. The second-order valence-corrected chi connectivity index (χ2v) is 4.05. The first kappa shape index (κ1) is 13.3. The topological polar surface area (TPSA) is 76.9 Å². The number of aromatic nitrogens is 4. The molecule has 0 atom stereocenters. The van der Waals surface area contributed by atoms with Crippen LogP contribution in [0.25, 0.3) is 0 Å². The number of aryl methyl sites for hydroxylation is 1. The summed E-state index contributed by atoms with van der Waals surface area (Å²) in [5, 5.41) is 10.5. The maximum Gasteiger partial charge on any atom is 0.158 e. The van der Waals surface area contributed by atoms with Crippen LogP contribution in [0, 0.1) is 0 Å². The van der Waals surface area contributed by atoms with Crippen molar-refractivity contribution in [2.45, 2.75) is 13.5 Å². The molecule has 0 spiro atoms. The van der Waals surface area contributed by atoms with Crippen LogP contribution in [0.3, 0.4) is 0 Å². The summed E-state index contributed by atoms with van der Waals surface area (Å²) in [6, 6.07) is 1.86. The number of rotatable bonds is 6. The van der Waals surface area contributed by atoms with Crippen LogP contribution in [0.15, 0.2) is 18.5 Å². The molecule has 19 heavy (non-hydrogen) atoms. The molecule has 7 nitrogen and oxygen atoms in total. The molecule has 7 heteroatoms. The Morgan fingerprint density at radius 3 is 2.74 bits per heavy atom. The fraction of sp³-hybridized carbons (Fsp3) is 0.417. The summed E-state index contributed by atoms with van der Waals surface area (Å²) < 4.78 is 6.80. The van der Waals surface area contributed by atoms with E-state index in [2.05, 4.69) is 25.7 Å². The standard InChI is InChI=1S/C12H18N6O/c1-4-13-10-5-11(17-12(16-10)8-19-3)15-9-6-14-18(2)7-9/h5-7H,4,8H2,1-3H3,(H2,13,15,16,17). The van der Waals surface area contributed by atoms with Crippen molar-refractivity contribution in [2.24, 2.45) is 7.05 Å². The Kier molecular flexibility index (Phi) is 4.30. The molecule has 0 aliphatic carbocycles. The first-order valence-corrected chi connectivity index (χ1v) is 6.07. The molecule has 0 aliphatic heterocycles. The first-order valence-electron chi connectivity index (χ1n) is 6.07.